The first-order chi connectivity index (χ1) is 16.5. The number of nitrogens with one attached hydrogen (secondary N) is 1. The molecule has 1 aromatic carbocycles. The molecular formula is C19H26N2O14. The van der Waals surface area contributed by atoms with Gasteiger partial charge in [0.2, 0.25) is 0 Å². The lowest BCUT2D eigenvalue weighted by Crippen LogP contribution is -2.65. The Morgan fingerprint density at radius 1 is 0.971 bits per heavy atom. The molecule has 0 unspecified atom stereocenters. The van der Waals surface area contributed by atoms with Gasteiger partial charge in [0, 0.05) is 11.8 Å². The maximum atomic E-state index is 11.2. The van der Waals surface area contributed by atoms with E-state index in [1.54, 1.807) is 0 Å². The van der Waals surface area contributed by atoms with Crippen molar-refractivity contribution in [2.75, 3.05) is 18.5 Å². The molecule has 196 valence electrons. The van der Waals surface area contributed by atoms with E-state index in [2.05, 4.69) is 5.32 Å². The maximum absolute atomic E-state index is 11.2. The molecule has 0 aromatic heterocycles. The SMILES string of the molecule is O=C(O)c1ccc(N[C@H]2O[C@H](CO)[C@@H](O[C@H]3O[C@@H](CO)[C@H](O)[C@@H](O)[C@@H]3O)[C@H](O)[C@@H]2O)cc1[N+](=O)[O-]. The summed E-state index contributed by atoms with van der Waals surface area (Å²) in [7, 11) is 0. The molecular weight excluding hydrogens is 480 g/mol. The van der Waals surface area contributed by atoms with Crippen LogP contribution in [0.25, 0.3) is 0 Å². The Balaban J connectivity index is 1.76. The van der Waals surface area contributed by atoms with Crippen molar-refractivity contribution >= 4 is 17.3 Å². The molecule has 0 bridgehead atoms. The average Bonchev–Trinajstić information content (AvgIpc) is 2.83. The number of nitro groups is 1. The number of carbonyl (C=O) groups is 1. The summed E-state index contributed by atoms with van der Waals surface area (Å²) in [6.45, 7) is -1.51. The Kier molecular flexibility index (Phi) is 8.54. The van der Waals surface area contributed by atoms with Crippen molar-refractivity contribution in [3.8, 4) is 0 Å². The number of nitrogens with zero attached hydrogens (tertiary/aromatic N) is 1. The van der Waals surface area contributed by atoms with Crippen LogP contribution in [0, 0.1) is 10.1 Å². The van der Waals surface area contributed by atoms with Crippen LogP contribution in [0.4, 0.5) is 11.4 Å². The highest BCUT2D eigenvalue weighted by molar-refractivity contribution is 5.93. The van der Waals surface area contributed by atoms with Crippen LogP contribution >= 0.6 is 0 Å². The zero-order valence-electron chi connectivity index (χ0n) is 17.9. The molecule has 9 N–H and O–H groups in total. The molecule has 2 fully saturated rings. The van der Waals surface area contributed by atoms with Crippen LogP contribution in [-0.2, 0) is 14.2 Å². The molecule has 0 amide bonds. The van der Waals surface area contributed by atoms with Gasteiger partial charge in [0.1, 0.15) is 54.4 Å². The van der Waals surface area contributed by atoms with Gasteiger partial charge in [-0.25, -0.2) is 4.79 Å². The van der Waals surface area contributed by atoms with E-state index in [1.165, 1.54) is 6.07 Å². The van der Waals surface area contributed by atoms with Crippen LogP contribution in [-0.4, -0.2) is 126 Å². The van der Waals surface area contributed by atoms with Gasteiger partial charge in [-0.15, -0.1) is 0 Å². The lowest BCUT2D eigenvalue weighted by molar-refractivity contribution is -0.385. The van der Waals surface area contributed by atoms with Gasteiger partial charge in [0.25, 0.3) is 5.69 Å². The molecule has 16 nitrogen and oxygen atoms in total. The second-order valence-electron chi connectivity index (χ2n) is 8.00. The summed E-state index contributed by atoms with van der Waals surface area (Å²) < 4.78 is 16.2. The fourth-order valence-electron chi connectivity index (χ4n) is 3.83. The van der Waals surface area contributed by atoms with Gasteiger partial charge in [0.15, 0.2) is 12.5 Å². The highest BCUT2D eigenvalue weighted by atomic mass is 16.7. The fraction of sp³-hybridized carbons (Fsp3) is 0.632. The van der Waals surface area contributed by atoms with E-state index in [0.29, 0.717) is 0 Å². The number of carboxylic acid groups (broad SMARTS) is 1. The van der Waals surface area contributed by atoms with E-state index in [9.17, 15) is 50.7 Å². The van der Waals surface area contributed by atoms with Crippen LogP contribution in [0.2, 0.25) is 0 Å². The minimum Gasteiger partial charge on any atom is -0.477 e. The summed E-state index contributed by atoms with van der Waals surface area (Å²) in [6.07, 6.45) is -16.2. The smallest absolute Gasteiger partial charge is 0.342 e. The van der Waals surface area contributed by atoms with Crippen molar-refractivity contribution in [2.45, 2.75) is 61.3 Å². The minimum absolute atomic E-state index is 0.0389. The normalized spacial score (nSPS) is 37.6. The molecule has 0 spiro atoms. The van der Waals surface area contributed by atoms with Gasteiger partial charge < -0.3 is 60.4 Å². The number of carboxylic acids is 1. The molecule has 0 saturated carbocycles. The predicted molar refractivity (Wildman–Crippen MR) is 110 cm³/mol. The summed E-state index contributed by atoms with van der Waals surface area (Å²) >= 11 is 0. The third kappa shape index (κ3) is 5.51. The molecule has 3 rings (SSSR count). The lowest BCUT2D eigenvalue weighted by Gasteiger charge is -2.46. The maximum Gasteiger partial charge on any atom is 0.342 e. The number of nitro benzene ring substituents is 1. The standard InChI is InChI=1S/C19H26N2O14/c22-4-9-11(24)12(25)15(28)19(34-9)35-16-10(5-23)33-17(14(27)13(16)26)20-6-1-2-7(18(29)30)8(3-6)21(31)32/h1-3,9-17,19-20,22-28H,4-5H2,(H,29,30)/t9-,10+,11-,12+,13+,14-,15-,16+,17-,19+/m0/s1. The third-order valence-corrected chi connectivity index (χ3v) is 5.74. The highest BCUT2D eigenvalue weighted by Crippen LogP contribution is 2.31. The molecule has 35 heavy (non-hydrogen) atoms. The number of aliphatic hydroxyl groups is 7. The number of rotatable bonds is 8. The predicted octanol–water partition coefficient (Wildman–Crippen LogP) is -3.67. The summed E-state index contributed by atoms with van der Waals surface area (Å²) in [4.78, 5) is 21.5. The van der Waals surface area contributed by atoms with Crippen LogP contribution in [0.5, 0.6) is 0 Å². The summed E-state index contributed by atoms with van der Waals surface area (Å²) in [5, 5.41) is 92.9. The second kappa shape index (κ2) is 11.0. The van der Waals surface area contributed by atoms with Gasteiger partial charge in [-0.05, 0) is 12.1 Å². The first-order valence-electron chi connectivity index (χ1n) is 10.4. The van der Waals surface area contributed by atoms with Crippen molar-refractivity contribution in [3.63, 3.8) is 0 Å². The molecule has 2 aliphatic heterocycles. The Morgan fingerprint density at radius 3 is 2.20 bits per heavy atom. The summed E-state index contributed by atoms with van der Waals surface area (Å²) in [5.41, 5.74) is -1.36. The Labute approximate surface area is 196 Å². The van der Waals surface area contributed by atoms with E-state index >= 15 is 0 Å². The monoisotopic (exact) mass is 506 g/mol. The molecule has 10 atom stereocenters. The van der Waals surface area contributed by atoms with Gasteiger partial charge in [-0.1, -0.05) is 0 Å². The molecule has 0 aliphatic carbocycles. The average molecular weight is 506 g/mol. The molecule has 2 aliphatic rings. The molecule has 2 saturated heterocycles. The van der Waals surface area contributed by atoms with Gasteiger partial charge >= 0.3 is 5.97 Å². The number of hydrogen-bond acceptors (Lipinski definition) is 14. The topological polar surface area (TPSA) is 262 Å². The largest absolute Gasteiger partial charge is 0.477 e. The van der Waals surface area contributed by atoms with Crippen LogP contribution in [0.1, 0.15) is 10.4 Å². The Morgan fingerprint density at radius 2 is 1.63 bits per heavy atom. The summed E-state index contributed by atoms with van der Waals surface area (Å²) in [6, 6.07) is 3.02. The Hall–Kier alpha value is -2.51. The Bertz CT molecular complexity index is 914. The zero-order valence-corrected chi connectivity index (χ0v) is 17.9. The second-order valence-corrected chi connectivity index (χ2v) is 8.00. The van der Waals surface area contributed by atoms with E-state index in [0.717, 1.165) is 12.1 Å². The fourth-order valence-corrected chi connectivity index (χ4v) is 3.83. The zero-order chi connectivity index (χ0) is 26.0. The van der Waals surface area contributed by atoms with Crippen molar-refractivity contribution in [2.24, 2.45) is 0 Å². The van der Waals surface area contributed by atoms with Crippen LogP contribution in [0.3, 0.4) is 0 Å². The van der Waals surface area contributed by atoms with Gasteiger partial charge in [0.05, 0.1) is 18.1 Å². The molecule has 1 aromatic rings. The number of anilines is 1. The minimum atomic E-state index is -1.82. The molecule has 2 heterocycles. The highest BCUT2D eigenvalue weighted by Gasteiger charge is 2.50. The first-order valence-corrected chi connectivity index (χ1v) is 10.4. The molecule has 16 heteroatoms. The van der Waals surface area contributed by atoms with E-state index in [1.807, 2.05) is 0 Å². The van der Waals surface area contributed by atoms with Gasteiger partial charge in [-0.3, -0.25) is 10.1 Å². The lowest BCUT2D eigenvalue weighted by atomic mass is 9.96. The van der Waals surface area contributed by atoms with Crippen molar-refractivity contribution in [3.05, 3.63) is 33.9 Å². The molecule has 0 radical (unpaired) electrons. The van der Waals surface area contributed by atoms with Crippen molar-refractivity contribution < 1.29 is 64.8 Å². The first kappa shape index (κ1) is 27.1. The van der Waals surface area contributed by atoms with E-state index in [-0.39, 0.29) is 5.69 Å². The quantitative estimate of drug-likeness (QED) is 0.121. The van der Waals surface area contributed by atoms with Crippen molar-refractivity contribution in [1.82, 2.24) is 0 Å². The number of ether oxygens (including phenoxy) is 3. The third-order valence-electron chi connectivity index (χ3n) is 5.74. The number of aliphatic hydroxyl groups excluding tert-OH is 7. The van der Waals surface area contributed by atoms with Crippen molar-refractivity contribution in [1.29, 1.82) is 0 Å². The van der Waals surface area contributed by atoms with Crippen LogP contribution < -0.4 is 5.32 Å². The number of hydrogen-bond donors (Lipinski definition) is 9. The van der Waals surface area contributed by atoms with E-state index < -0.39 is 96.7 Å². The summed E-state index contributed by atoms with van der Waals surface area (Å²) in [5.74, 6) is -1.53. The number of aromatic carboxylic acids is 1. The van der Waals surface area contributed by atoms with Gasteiger partial charge in [-0.2, -0.15) is 0 Å². The number of benzene rings is 1. The van der Waals surface area contributed by atoms with E-state index in [4.69, 9.17) is 19.3 Å². The van der Waals surface area contributed by atoms with Crippen LogP contribution in [0.15, 0.2) is 18.2 Å².